The van der Waals surface area contributed by atoms with E-state index in [1.165, 1.54) is 7.11 Å². The van der Waals surface area contributed by atoms with E-state index < -0.39 is 18.7 Å². The number of hydrogen-bond donors (Lipinski definition) is 0. The summed E-state index contributed by atoms with van der Waals surface area (Å²) in [6, 6.07) is 14.4. The summed E-state index contributed by atoms with van der Waals surface area (Å²) in [5.74, 6) is -0.0726. The molecular formula is C26H26N2O8. The summed E-state index contributed by atoms with van der Waals surface area (Å²) in [6.07, 6.45) is -0.729. The first-order chi connectivity index (χ1) is 17.5. The summed E-state index contributed by atoms with van der Waals surface area (Å²) in [4.78, 5) is 41.5. The molecule has 0 aliphatic carbocycles. The Labute approximate surface area is 207 Å². The van der Waals surface area contributed by atoms with Crippen LogP contribution >= 0.6 is 0 Å². The van der Waals surface area contributed by atoms with Gasteiger partial charge in [-0.3, -0.25) is 9.59 Å². The molecule has 1 atom stereocenters. The second-order valence-electron chi connectivity index (χ2n) is 8.49. The monoisotopic (exact) mass is 494 g/mol. The molecule has 1 saturated heterocycles. The summed E-state index contributed by atoms with van der Waals surface area (Å²) in [7, 11) is 1.52. The van der Waals surface area contributed by atoms with Crippen molar-refractivity contribution in [3.63, 3.8) is 0 Å². The number of esters is 1. The van der Waals surface area contributed by atoms with Crippen molar-refractivity contribution in [2.45, 2.75) is 12.7 Å². The van der Waals surface area contributed by atoms with Crippen LogP contribution in [0.4, 0.5) is 0 Å². The molecule has 0 spiro atoms. The Balaban J connectivity index is 1.13. The number of hydrogen-bond acceptors (Lipinski definition) is 8. The molecule has 2 aromatic carbocycles. The number of nitrogens with zero attached hydrogens (tertiary/aromatic N) is 2. The van der Waals surface area contributed by atoms with Crippen LogP contribution in [0.3, 0.4) is 0 Å². The molecule has 188 valence electrons. The van der Waals surface area contributed by atoms with E-state index in [-0.39, 0.29) is 30.8 Å². The fraction of sp³-hybridized carbons (Fsp3) is 0.346. The van der Waals surface area contributed by atoms with E-state index >= 15 is 0 Å². The first kappa shape index (κ1) is 23.7. The van der Waals surface area contributed by atoms with Crippen molar-refractivity contribution >= 4 is 28.8 Å². The first-order valence-electron chi connectivity index (χ1n) is 11.7. The van der Waals surface area contributed by atoms with E-state index in [0.29, 0.717) is 48.8 Å². The molecule has 10 nitrogen and oxygen atoms in total. The van der Waals surface area contributed by atoms with E-state index in [4.69, 9.17) is 23.4 Å². The lowest BCUT2D eigenvalue weighted by Gasteiger charge is -2.37. The van der Waals surface area contributed by atoms with Crippen molar-refractivity contribution in [2.75, 3.05) is 46.5 Å². The maximum Gasteiger partial charge on any atom is 0.375 e. The number of piperazine rings is 1. The highest BCUT2D eigenvalue weighted by Crippen LogP contribution is 2.31. The van der Waals surface area contributed by atoms with Crippen LogP contribution in [-0.4, -0.2) is 80.2 Å². The average Bonchev–Trinajstić information content (AvgIpc) is 3.29. The molecule has 36 heavy (non-hydrogen) atoms. The van der Waals surface area contributed by atoms with Gasteiger partial charge in [-0.1, -0.05) is 30.3 Å². The Morgan fingerprint density at radius 1 is 0.944 bits per heavy atom. The lowest BCUT2D eigenvalue weighted by Crippen LogP contribution is -2.55. The van der Waals surface area contributed by atoms with Crippen molar-refractivity contribution in [1.29, 1.82) is 0 Å². The summed E-state index contributed by atoms with van der Waals surface area (Å²) in [5.41, 5.74) is 1.12. The van der Waals surface area contributed by atoms with Gasteiger partial charge < -0.3 is 33.2 Å². The van der Waals surface area contributed by atoms with Crippen molar-refractivity contribution in [3.8, 4) is 11.5 Å². The zero-order valence-electron chi connectivity index (χ0n) is 19.8. The predicted octanol–water partition coefficient (Wildman–Crippen LogP) is 2.25. The third-order valence-electron chi connectivity index (χ3n) is 6.23. The van der Waals surface area contributed by atoms with Gasteiger partial charge in [-0.05, 0) is 18.2 Å². The van der Waals surface area contributed by atoms with Crippen LogP contribution in [0.2, 0.25) is 0 Å². The van der Waals surface area contributed by atoms with E-state index in [9.17, 15) is 14.4 Å². The van der Waals surface area contributed by atoms with Gasteiger partial charge >= 0.3 is 5.97 Å². The van der Waals surface area contributed by atoms with Gasteiger partial charge in [-0.25, -0.2) is 4.79 Å². The maximum absolute atomic E-state index is 12.9. The highest BCUT2D eigenvalue weighted by atomic mass is 16.6. The predicted molar refractivity (Wildman–Crippen MR) is 127 cm³/mol. The van der Waals surface area contributed by atoms with Crippen LogP contribution in [-0.2, 0) is 25.7 Å². The Kier molecular flexibility index (Phi) is 6.77. The highest BCUT2D eigenvalue weighted by Gasteiger charge is 2.33. The molecule has 0 unspecified atom stereocenters. The molecule has 3 heterocycles. The zero-order valence-corrected chi connectivity index (χ0v) is 19.8. The van der Waals surface area contributed by atoms with Crippen LogP contribution in [0.1, 0.15) is 16.1 Å². The van der Waals surface area contributed by atoms with Gasteiger partial charge in [-0.15, -0.1) is 0 Å². The van der Waals surface area contributed by atoms with Crippen molar-refractivity contribution < 1.29 is 37.7 Å². The minimum absolute atomic E-state index is 0.0255. The quantitative estimate of drug-likeness (QED) is 0.480. The molecule has 2 aliphatic rings. The molecule has 10 heteroatoms. The number of carbonyl (C=O) groups is 3. The second-order valence-corrected chi connectivity index (χ2v) is 8.49. The Bertz CT molecular complexity index is 1280. The molecule has 0 N–H and O–H groups in total. The van der Waals surface area contributed by atoms with Gasteiger partial charge in [0.2, 0.25) is 11.9 Å². The topological polar surface area (TPSA) is 108 Å². The molecule has 2 aliphatic heterocycles. The van der Waals surface area contributed by atoms with E-state index in [1.54, 1.807) is 34.1 Å². The number of methoxy groups -OCH3 is 1. The Morgan fingerprint density at radius 3 is 2.42 bits per heavy atom. The van der Waals surface area contributed by atoms with E-state index in [1.807, 2.05) is 24.3 Å². The van der Waals surface area contributed by atoms with E-state index in [0.717, 1.165) is 5.39 Å². The molecule has 0 saturated carbocycles. The van der Waals surface area contributed by atoms with Gasteiger partial charge in [0.25, 0.3) is 11.8 Å². The van der Waals surface area contributed by atoms with Gasteiger partial charge in [0.1, 0.15) is 12.2 Å². The van der Waals surface area contributed by atoms with Crippen molar-refractivity contribution in [1.82, 2.24) is 9.80 Å². The van der Waals surface area contributed by atoms with E-state index in [2.05, 4.69) is 0 Å². The minimum Gasteiger partial charge on any atom is -0.485 e. The van der Waals surface area contributed by atoms with Gasteiger partial charge in [-0.2, -0.15) is 0 Å². The number of para-hydroxylation sites is 3. The summed E-state index contributed by atoms with van der Waals surface area (Å²) in [6.45, 7) is 1.23. The summed E-state index contributed by atoms with van der Waals surface area (Å²) >= 11 is 0. The number of furan rings is 1. The third-order valence-corrected chi connectivity index (χ3v) is 6.23. The van der Waals surface area contributed by atoms with Gasteiger partial charge in [0.15, 0.2) is 18.1 Å². The highest BCUT2D eigenvalue weighted by molar-refractivity contribution is 5.97. The van der Waals surface area contributed by atoms with Gasteiger partial charge in [0.05, 0.1) is 6.61 Å². The molecule has 0 bridgehead atoms. The standard InChI is InChI=1S/C26H26N2O8/c1-32-14-18-17-6-2-3-7-19(17)36-24(18)26(31)34-16-23(29)27-10-12-28(13-11-27)25(30)22-15-33-20-8-4-5-9-21(20)35-22/h2-9,22H,10-16H2,1H3/t22-/m0/s1. The number of ether oxygens (including phenoxy) is 4. The Morgan fingerprint density at radius 2 is 1.64 bits per heavy atom. The normalized spacial score (nSPS) is 17.2. The minimum atomic E-state index is -0.729. The summed E-state index contributed by atoms with van der Waals surface area (Å²) in [5, 5.41) is 0.759. The molecule has 3 aromatic rings. The Hall–Kier alpha value is -4.05. The SMILES string of the molecule is COCc1c(C(=O)OCC(=O)N2CCN(C(=O)[C@@H]3COc4ccccc4O3)CC2)oc2ccccc12. The fourth-order valence-corrected chi connectivity index (χ4v) is 4.36. The largest absolute Gasteiger partial charge is 0.485 e. The van der Waals surface area contributed by atoms with Crippen LogP contribution < -0.4 is 9.47 Å². The fourth-order valence-electron chi connectivity index (χ4n) is 4.36. The second kappa shape index (κ2) is 10.3. The molecule has 2 amide bonds. The van der Waals surface area contributed by atoms with Crippen LogP contribution in [0.15, 0.2) is 52.9 Å². The van der Waals surface area contributed by atoms with Crippen molar-refractivity contribution in [2.24, 2.45) is 0 Å². The van der Waals surface area contributed by atoms with Crippen LogP contribution in [0, 0.1) is 0 Å². The molecule has 1 fully saturated rings. The number of amides is 2. The molecule has 1 aromatic heterocycles. The number of benzene rings is 2. The number of fused-ring (bicyclic) bond motifs is 2. The lowest BCUT2D eigenvalue weighted by atomic mass is 10.1. The van der Waals surface area contributed by atoms with Crippen LogP contribution in [0.25, 0.3) is 11.0 Å². The summed E-state index contributed by atoms with van der Waals surface area (Å²) < 4.78 is 27.6. The lowest BCUT2D eigenvalue weighted by molar-refractivity contribution is -0.147. The average molecular weight is 495 g/mol. The maximum atomic E-state index is 12.9. The third kappa shape index (κ3) is 4.72. The van der Waals surface area contributed by atoms with Crippen LogP contribution in [0.5, 0.6) is 11.5 Å². The molecule has 5 rings (SSSR count). The van der Waals surface area contributed by atoms with Gasteiger partial charge in [0, 0.05) is 44.2 Å². The zero-order chi connectivity index (χ0) is 25.1. The van der Waals surface area contributed by atoms with Crippen molar-refractivity contribution in [3.05, 3.63) is 59.9 Å². The number of rotatable bonds is 6. The first-order valence-corrected chi connectivity index (χ1v) is 11.7. The smallest absolute Gasteiger partial charge is 0.375 e. The molecule has 0 radical (unpaired) electrons. The molecular weight excluding hydrogens is 468 g/mol. The number of carbonyl (C=O) groups excluding carboxylic acids is 3.